The molecule has 7 heteroatoms. The minimum Gasteiger partial charge on any atom is -0.339 e. The SMILES string of the molecule is Cl.O=C(c1ccc(-c2noc(C3CC3)n2)cc1)N1CCCC2(CCNC2)C1. The zero-order valence-electron chi connectivity index (χ0n) is 15.3. The standard InChI is InChI=1S/C20H24N4O2.ClH/c25-19(24-11-1-8-20(13-24)9-10-21-12-20)16-6-2-14(3-7-16)17-22-18(26-23-17)15-4-5-15;/h2-3,6-7,15,21H,1,4-5,8-13H2;1H. The maximum Gasteiger partial charge on any atom is 0.253 e. The van der Waals surface area contributed by atoms with Crippen molar-refractivity contribution >= 4 is 18.3 Å². The summed E-state index contributed by atoms with van der Waals surface area (Å²) in [5.74, 6) is 1.94. The Morgan fingerprint density at radius 3 is 2.74 bits per heavy atom. The van der Waals surface area contributed by atoms with Gasteiger partial charge >= 0.3 is 0 Å². The highest BCUT2D eigenvalue weighted by Gasteiger charge is 2.39. The van der Waals surface area contributed by atoms with Crippen molar-refractivity contribution in [1.82, 2.24) is 20.4 Å². The van der Waals surface area contributed by atoms with E-state index in [1.807, 2.05) is 29.2 Å². The van der Waals surface area contributed by atoms with Gasteiger partial charge in [0.2, 0.25) is 11.7 Å². The average molecular weight is 389 g/mol. The van der Waals surface area contributed by atoms with Crippen LogP contribution >= 0.6 is 12.4 Å². The summed E-state index contributed by atoms with van der Waals surface area (Å²) in [6.45, 7) is 3.84. The maximum absolute atomic E-state index is 12.9. The van der Waals surface area contributed by atoms with E-state index < -0.39 is 0 Å². The van der Waals surface area contributed by atoms with E-state index >= 15 is 0 Å². The fraction of sp³-hybridized carbons (Fsp3) is 0.550. The number of hydrogen-bond acceptors (Lipinski definition) is 5. The second-order valence-corrected chi connectivity index (χ2v) is 8.06. The van der Waals surface area contributed by atoms with Crippen molar-refractivity contribution in [2.75, 3.05) is 26.2 Å². The number of carbonyl (C=O) groups is 1. The fourth-order valence-electron chi connectivity index (χ4n) is 4.32. The smallest absolute Gasteiger partial charge is 0.253 e. The van der Waals surface area contributed by atoms with E-state index in [1.165, 1.54) is 12.8 Å². The number of likely N-dealkylation sites (tertiary alicyclic amines) is 1. The van der Waals surface area contributed by atoms with Crippen molar-refractivity contribution in [1.29, 1.82) is 0 Å². The third-order valence-electron chi connectivity index (χ3n) is 6.04. The van der Waals surface area contributed by atoms with E-state index in [1.54, 1.807) is 0 Å². The molecule has 1 amide bonds. The Labute approximate surface area is 165 Å². The van der Waals surface area contributed by atoms with Crippen LogP contribution in [0.5, 0.6) is 0 Å². The molecule has 5 rings (SSSR count). The van der Waals surface area contributed by atoms with Crippen LogP contribution in [-0.4, -0.2) is 47.1 Å². The first-order chi connectivity index (χ1) is 12.7. The highest BCUT2D eigenvalue weighted by molar-refractivity contribution is 5.94. The minimum atomic E-state index is 0. The van der Waals surface area contributed by atoms with Crippen molar-refractivity contribution in [3.8, 4) is 11.4 Å². The van der Waals surface area contributed by atoms with Crippen LogP contribution in [0.1, 0.15) is 54.3 Å². The third kappa shape index (κ3) is 3.60. The van der Waals surface area contributed by atoms with Crippen LogP contribution < -0.4 is 5.32 Å². The number of rotatable bonds is 3. The topological polar surface area (TPSA) is 71.3 Å². The summed E-state index contributed by atoms with van der Waals surface area (Å²) in [7, 11) is 0. The van der Waals surface area contributed by atoms with Gasteiger partial charge in [-0.15, -0.1) is 12.4 Å². The third-order valence-corrected chi connectivity index (χ3v) is 6.04. The van der Waals surface area contributed by atoms with Crippen molar-refractivity contribution in [3.05, 3.63) is 35.7 Å². The van der Waals surface area contributed by atoms with Gasteiger partial charge < -0.3 is 14.7 Å². The van der Waals surface area contributed by atoms with Crippen LogP contribution in [0.3, 0.4) is 0 Å². The molecule has 3 fully saturated rings. The number of piperidine rings is 1. The van der Waals surface area contributed by atoms with Crippen LogP contribution in [-0.2, 0) is 0 Å². The van der Waals surface area contributed by atoms with E-state index in [0.717, 1.165) is 62.5 Å². The van der Waals surface area contributed by atoms with Crippen molar-refractivity contribution < 1.29 is 9.32 Å². The van der Waals surface area contributed by atoms with Gasteiger partial charge in [-0.3, -0.25) is 4.79 Å². The zero-order valence-corrected chi connectivity index (χ0v) is 16.1. The normalized spacial score (nSPS) is 24.8. The Hall–Kier alpha value is -1.92. The van der Waals surface area contributed by atoms with Crippen molar-refractivity contribution in [3.63, 3.8) is 0 Å². The molecule has 144 valence electrons. The highest BCUT2D eigenvalue weighted by Crippen LogP contribution is 2.39. The first-order valence-corrected chi connectivity index (χ1v) is 9.67. The Balaban J connectivity index is 0.00000180. The zero-order chi connectivity index (χ0) is 17.6. The lowest BCUT2D eigenvalue weighted by molar-refractivity contribution is 0.0553. The molecule has 0 bridgehead atoms. The Kier molecular flexibility index (Phi) is 4.95. The molecule has 1 unspecified atom stereocenters. The van der Waals surface area contributed by atoms with Gasteiger partial charge in [0, 0.05) is 42.1 Å². The average Bonchev–Trinajstić information content (AvgIpc) is 3.25. The number of carbonyl (C=O) groups excluding carboxylic acids is 1. The molecule has 2 saturated heterocycles. The first-order valence-electron chi connectivity index (χ1n) is 9.67. The molecular formula is C20H25ClN4O2. The largest absolute Gasteiger partial charge is 0.339 e. The number of nitrogens with one attached hydrogen (secondary N) is 1. The summed E-state index contributed by atoms with van der Waals surface area (Å²) >= 11 is 0. The van der Waals surface area contributed by atoms with E-state index in [0.29, 0.717) is 11.7 Å². The summed E-state index contributed by atoms with van der Waals surface area (Å²) < 4.78 is 5.33. The maximum atomic E-state index is 12.9. The Morgan fingerprint density at radius 1 is 1.22 bits per heavy atom. The van der Waals surface area contributed by atoms with Gasteiger partial charge in [-0.05, 0) is 50.8 Å². The van der Waals surface area contributed by atoms with E-state index in [-0.39, 0.29) is 23.7 Å². The van der Waals surface area contributed by atoms with E-state index in [4.69, 9.17) is 4.52 Å². The Morgan fingerprint density at radius 2 is 2.04 bits per heavy atom. The summed E-state index contributed by atoms with van der Waals surface area (Å²) in [4.78, 5) is 19.5. The Bertz CT molecular complexity index is 810. The lowest BCUT2D eigenvalue weighted by atomic mass is 9.79. The van der Waals surface area contributed by atoms with Crippen molar-refractivity contribution in [2.24, 2.45) is 5.41 Å². The lowest BCUT2D eigenvalue weighted by Gasteiger charge is -2.40. The van der Waals surface area contributed by atoms with Gasteiger partial charge in [0.25, 0.3) is 5.91 Å². The summed E-state index contributed by atoms with van der Waals surface area (Å²) in [6, 6.07) is 7.62. The molecule has 3 heterocycles. The number of nitrogens with zero attached hydrogens (tertiary/aromatic N) is 3. The first kappa shape index (κ1) is 18.4. The quantitative estimate of drug-likeness (QED) is 0.873. The lowest BCUT2D eigenvalue weighted by Crippen LogP contribution is -2.47. The summed E-state index contributed by atoms with van der Waals surface area (Å²) in [5.41, 5.74) is 1.92. The van der Waals surface area contributed by atoms with Crippen LogP contribution in [0, 0.1) is 5.41 Å². The molecule has 1 atom stereocenters. The van der Waals surface area contributed by atoms with Crippen LogP contribution in [0.2, 0.25) is 0 Å². The molecule has 1 N–H and O–H groups in total. The van der Waals surface area contributed by atoms with Crippen LogP contribution in [0.25, 0.3) is 11.4 Å². The van der Waals surface area contributed by atoms with Crippen LogP contribution in [0.4, 0.5) is 0 Å². The van der Waals surface area contributed by atoms with Gasteiger partial charge in [0.05, 0.1) is 0 Å². The van der Waals surface area contributed by atoms with E-state index in [2.05, 4.69) is 15.5 Å². The summed E-state index contributed by atoms with van der Waals surface area (Å²) in [5, 5.41) is 7.53. The molecule has 1 aromatic carbocycles. The molecule has 2 aliphatic heterocycles. The molecule has 2 aromatic rings. The molecule has 27 heavy (non-hydrogen) atoms. The number of amides is 1. The molecule has 6 nitrogen and oxygen atoms in total. The highest BCUT2D eigenvalue weighted by atomic mass is 35.5. The fourth-order valence-corrected chi connectivity index (χ4v) is 4.32. The predicted molar refractivity (Wildman–Crippen MR) is 104 cm³/mol. The van der Waals surface area contributed by atoms with Crippen molar-refractivity contribution in [2.45, 2.75) is 38.0 Å². The number of benzene rings is 1. The number of hydrogen-bond donors (Lipinski definition) is 1. The molecule has 3 aliphatic rings. The molecule has 1 saturated carbocycles. The monoisotopic (exact) mass is 388 g/mol. The molecule has 1 aliphatic carbocycles. The molecular weight excluding hydrogens is 364 g/mol. The van der Waals surface area contributed by atoms with Crippen LogP contribution in [0.15, 0.2) is 28.8 Å². The predicted octanol–water partition coefficient (Wildman–Crippen LogP) is 3.25. The molecule has 0 radical (unpaired) electrons. The molecule has 1 aromatic heterocycles. The number of halogens is 1. The van der Waals surface area contributed by atoms with E-state index in [9.17, 15) is 4.79 Å². The van der Waals surface area contributed by atoms with Gasteiger partial charge in [-0.25, -0.2) is 0 Å². The van der Waals surface area contributed by atoms with Gasteiger partial charge in [-0.2, -0.15) is 4.98 Å². The van der Waals surface area contributed by atoms with Gasteiger partial charge in [0.1, 0.15) is 0 Å². The molecule has 1 spiro atoms. The van der Waals surface area contributed by atoms with Gasteiger partial charge in [0.15, 0.2) is 0 Å². The van der Waals surface area contributed by atoms with Gasteiger partial charge in [-0.1, -0.05) is 17.3 Å². The minimum absolute atomic E-state index is 0. The number of aromatic nitrogens is 2. The second kappa shape index (κ2) is 7.24. The summed E-state index contributed by atoms with van der Waals surface area (Å²) in [6.07, 6.45) is 5.78. The second-order valence-electron chi connectivity index (χ2n) is 8.06.